The Morgan fingerprint density at radius 1 is 0.917 bits per heavy atom. The molecule has 12 heteroatoms. The van der Waals surface area contributed by atoms with E-state index in [0.29, 0.717) is 0 Å². The van der Waals surface area contributed by atoms with Crippen molar-refractivity contribution in [1.29, 1.82) is 0 Å². The molecular weight excluding hydrogens is 318 g/mol. The fraction of sp³-hybridized carbons (Fsp3) is 0. The summed E-state index contributed by atoms with van der Waals surface area (Å²) in [4.78, 5) is 55.9. The van der Waals surface area contributed by atoms with Gasteiger partial charge in [-0.25, -0.2) is 4.57 Å². The summed E-state index contributed by atoms with van der Waals surface area (Å²) in [6, 6.07) is 0. The largest absolute Gasteiger partial charge is 2.00 e. The first-order valence-corrected chi connectivity index (χ1v) is 4.80. The zero-order valence-corrected chi connectivity index (χ0v) is 13.6. The van der Waals surface area contributed by atoms with Gasteiger partial charge in [0, 0.05) is 0 Å². The van der Waals surface area contributed by atoms with Crippen LogP contribution in [0.2, 0.25) is 0 Å². The molecule has 3 N–H and O–H groups in total. The normalized spacial score (nSPS) is 9.92. The minimum atomic E-state index is -5.61. The van der Waals surface area contributed by atoms with Crippen molar-refractivity contribution in [1.82, 2.24) is 0 Å². The van der Waals surface area contributed by atoms with Crippen molar-refractivity contribution < 1.29 is 77.4 Å². The van der Waals surface area contributed by atoms with Crippen molar-refractivity contribution in [3.63, 3.8) is 0 Å². The molecule has 0 atom stereocenters. The second-order valence-corrected chi connectivity index (χ2v) is 3.04. The van der Waals surface area contributed by atoms with E-state index in [2.05, 4.69) is 0 Å². The van der Waals surface area contributed by atoms with Crippen LogP contribution in [0.4, 0.5) is 0 Å². The van der Waals surface area contributed by atoms with Crippen molar-refractivity contribution in [3.8, 4) is 0 Å². The van der Waals surface area contributed by atoms with Gasteiger partial charge in [-0.1, -0.05) is 0 Å². The van der Waals surface area contributed by atoms with E-state index in [1.54, 1.807) is 0 Å². The molecule has 0 aliphatic rings. The van der Waals surface area contributed by atoms with Gasteiger partial charge in [0.25, 0.3) is 0 Å². The van der Waals surface area contributed by atoms with E-state index in [9.17, 15) is 0 Å². The zero-order chi connectivity index (χ0) is 9.00. The topological polar surface area (TPSA) is 170 Å². The minimum Gasteiger partial charge on any atom is -0.894 e. The summed E-state index contributed by atoms with van der Waals surface area (Å²) in [6.07, 6.45) is 0. The Morgan fingerprint density at radius 2 is 0.917 bits per heavy atom. The molecule has 0 spiro atoms. The molecule has 0 radical (unpaired) electrons. The molecule has 0 bridgehead atoms. The smallest absolute Gasteiger partial charge is 0.894 e. The van der Waals surface area contributed by atoms with E-state index in [1.165, 1.54) is 0 Å². The maximum absolute atomic E-state index is 8.88. The van der Waals surface area contributed by atoms with Crippen LogP contribution in [0.1, 0.15) is 0 Å². The molecular formula is H3O8PSiZn2. The predicted octanol–water partition coefficient (Wildman–Crippen LogP) is -6.07. The number of hydrogen-bond donors (Lipinski definition) is 3. The number of phosphoric acid groups is 1. The Kier molecular flexibility index (Phi) is 17.5. The molecule has 0 aromatic heterocycles. The van der Waals surface area contributed by atoms with Gasteiger partial charge in [-0.15, -0.1) is 0 Å². The van der Waals surface area contributed by atoms with Gasteiger partial charge in [-0.05, 0) is 0 Å². The Hall–Kier alpha value is 1.41. The monoisotopic (exact) mass is 318 g/mol. The van der Waals surface area contributed by atoms with E-state index >= 15 is 0 Å². The van der Waals surface area contributed by atoms with E-state index in [4.69, 9.17) is 38.4 Å². The molecule has 0 rings (SSSR count). The molecule has 0 unspecified atom stereocenters. The van der Waals surface area contributed by atoms with Crippen LogP contribution in [0.3, 0.4) is 0 Å². The molecule has 0 aromatic carbocycles. The third-order valence-corrected chi connectivity index (χ3v) is 0. The van der Waals surface area contributed by atoms with Crippen LogP contribution < -0.4 is 19.2 Å². The fourth-order valence-corrected chi connectivity index (χ4v) is 0. The van der Waals surface area contributed by atoms with Crippen molar-refractivity contribution in [2.24, 2.45) is 0 Å². The molecule has 0 aliphatic carbocycles. The maximum Gasteiger partial charge on any atom is 2.00 e. The van der Waals surface area contributed by atoms with E-state index in [1.807, 2.05) is 0 Å². The standard InChI is InChI=1S/H3O4P.O4Si.2Zn/c2*1-5(2,3)4;;/h(H3,1,2,3,4);;;/q;-4;2*+2. The third-order valence-electron chi connectivity index (χ3n) is 0. The Bertz CT molecular complexity index is 109. The summed E-state index contributed by atoms with van der Waals surface area (Å²) in [5.74, 6) is 0. The molecule has 0 heterocycles. The van der Waals surface area contributed by atoms with Crippen LogP contribution in [-0.2, 0) is 43.5 Å². The molecule has 64 valence electrons. The van der Waals surface area contributed by atoms with Gasteiger partial charge in [-0.2, -0.15) is 0 Å². The van der Waals surface area contributed by atoms with Gasteiger partial charge in [0.2, 0.25) is 0 Å². The average molecular weight is 321 g/mol. The first kappa shape index (κ1) is 23.3. The van der Waals surface area contributed by atoms with Crippen LogP contribution in [-0.4, -0.2) is 23.7 Å². The number of hydrogen-bond acceptors (Lipinski definition) is 5. The quantitative estimate of drug-likeness (QED) is 0.292. The summed E-state index contributed by atoms with van der Waals surface area (Å²) in [5.41, 5.74) is 0. The average Bonchev–Trinajstić information content (AvgIpc) is 1.12. The molecule has 0 aromatic rings. The first-order chi connectivity index (χ1) is 4.00. The second kappa shape index (κ2) is 8.99. The second-order valence-electron chi connectivity index (χ2n) is 1.01. The Balaban J connectivity index is -0.0000000457. The maximum atomic E-state index is 8.88. The molecule has 8 nitrogen and oxygen atoms in total. The summed E-state index contributed by atoms with van der Waals surface area (Å²) >= 11 is 0. The minimum absolute atomic E-state index is 0. The van der Waals surface area contributed by atoms with Crippen LogP contribution in [0.25, 0.3) is 0 Å². The van der Waals surface area contributed by atoms with Crippen molar-refractivity contribution in [3.05, 3.63) is 0 Å². The van der Waals surface area contributed by atoms with Gasteiger partial charge in [0.15, 0.2) is 0 Å². The zero-order valence-electron chi connectivity index (χ0n) is 5.74. The van der Waals surface area contributed by atoms with Gasteiger partial charge >= 0.3 is 46.8 Å². The van der Waals surface area contributed by atoms with Crippen LogP contribution >= 0.6 is 7.82 Å². The summed E-state index contributed by atoms with van der Waals surface area (Å²) in [5, 5.41) is 0. The van der Waals surface area contributed by atoms with Crippen LogP contribution in [0.5, 0.6) is 0 Å². The fourth-order valence-electron chi connectivity index (χ4n) is 0. The molecule has 0 saturated heterocycles. The van der Waals surface area contributed by atoms with Gasteiger partial charge in [0.1, 0.15) is 0 Å². The van der Waals surface area contributed by atoms with E-state index < -0.39 is 16.9 Å². The predicted molar refractivity (Wildman–Crippen MR) is 20.0 cm³/mol. The molecule has 0 amide bonds. The molecule has 0 fully saturated rings. The van der Waals surface area contributed by atoms with Crippen LogP contribution in [0, 0.1) is 0 Å². The summed E-state index contributed by atoms with van der Waals surface area (Å²) < 4.78 is 8.88. The summed E-state index contributed by atoms with van der Waals surface area (Å²) in [6.45, 7) is 0. The number of rotatable bonds is 0. The first-order valence-electron chi connectivity index (χ1n) is 1.60. The SMILES string of the molecule is O=P(O)(O)O.[O-][Si]([O-])([O-])[O-].[Zn+2].[Zn+2]. The van der Waals surface area contributed by atoms with Crippen molar-refractivity contribution in [2.45, 2.75) is 0 Å². The van der Waals surface area contributed by atoms with Gasteiger partial charge < -0.3 is 42.9 Å². The van der Waals surface area contributed by atoms with E-state index in [-0.39, 0.29) is 39.0 Å². The van der Waals surface area contributed by atoms with Crippen LogP contribution in [0.15, 0.2) is 0 Å². The van der Waals surface area contributed by atoms with Gasteiger partial charge in [0.05, 0.1) is 0 Å². The Morgan fingerprint density at radius 3 is 0.917 bits per heavy atom. The molecule has 12 heavy (non-hydrogen) atoms. The Labute approximate surface area is 94.1 Å². The summed E-state index contributed by atoms with van der Waals surface area (Å²) in [7, 11) is -10.2. The van der Waals surface area contributed by atoms with Crippen molar-refractivity contribution in [2.75, 3.05) is 0 Å². The molecule has 0 saturated carbocycles. The van der Waals surface area contributed by atoms with Gasteiger partial charge in [-0.3, -0.25) is 0 Å². The van der Waals surface area contributed by atoms with Crippen molar-refractivity contribution >= 4 is 16.9 Å². The molecule has 0 aliphatic heterocycles. The van der Waals surface area contributed by atoms with E-state index in [0.717, 1.165) is 0 Å². The third kappa shape index (κ3) is 619.